The molecular formula is C6H15N2O2P. The second-order valence-electron chi connectivity index (χ2n) is 2.39. The van der Waals surface area contributed by atoms with Gasteiger partial charge in [-0.2, -0.15) is 0 Å². The molecule has 0 aromatic heterocycles. The minimum absolute atomic E-state index is 0.725. The van der Waals surface area contributed by atoms with Crippen LogP contribution >= 0.6 is 8.53 Å². The zero-order chi connectivity index (χ0) is 8.10. The topological polar surface area (TPSA) is 33.7 Å². The molecule has 1 aliphatic rings. The van der Waals surface area contributed by atoms with Crippen molar-refractivity contribution in [2.75, 3.05) is 40.4 Å². The predicted octanol–water partition coefficient (Wildman–Crippen LogP) is 0.411. The van der Waals surface area contributed by atoms with Gasteiger partial charge in [-0.25, -0.2) is 4.67 Å². The summed E-state index contributed by atoms with van der Waals surface area (Å²) in [6.07, 6.45) is 0. The molecular weight excluding hydrogens is 163 g/mol. The summed E-state index contributed by atoms with van der Waals surface area (Å²) in [5, 5.41) is 3.02. The van der Waals surface area contributed by atoms with Gasteiger partial charge in [0.2, 0.25) is 0 Å². The number of nitrogens with one attached hydrogen (secondary N) is 1. The van der Waals surface area contributed by atoms with E-state index in [1.54, 1.807) is 0 Å². The Bertz CT molecular complexity index is 115. The third-order valence-corrected chi connectivity index (χ3v) is 3.01. The SMILES string of the molecule is CNCCOP1OCCN1C. The molecule has 0 bridgehead atoms. The lowest BCUT2D eigenvalue weighted by molar-refractivity contribution is 0.270. The van der Waals surface area contributed by atoms with Crippen LogP contribution in [0.1, 0.15) is 0 Å². The minimum Gasteiger partial charge on any atom is -0.321 e. The van der Waals surface area contributed by atoms with Crippen molar-refractivity contribution in [2.45, 2.75) is 0 Å². The molecule has 4 nitrogen and oxygen atoms in total. The monoisotopic (exact) mass is 178 g/mol. The van der Waals surface area contributed by atoms with Gasteiger partial charge in [-0.3, -0.25) is 0 Å². The summed E-state index contributed by atoms with van der Waals surface area (Å²) in [5.41, 5.74) is 0. The van der Waals surface area contributed by atoms with Gasteiger partial charge in [0.1, 0.15) is 0 Å². The van der Waals surface area contributed by atoms with Gasteiger partial charge >= 0.3 is 0 Å². The summed E-state index contributed by atoms with van der Waals surface area (Å²) in [5.74, 6) is 0. The second-order valence-corrected chi connectivity index (χ2v) is 4.06. The van der Waals surface area contributed by atoms with Crippen LogP contribution < -0.4 is 5.32 Å². The lowest BCUT2D eigenvalue weighted by Crippen LogP contribution is -2.15. The molecule has 1 fully saturated rings. The number of rotatable bonds is 4. The van der Waals surface area contributed by atoms with Crippen molar-refractivity contribution in [1.29, 1.82) is 0 Å². The fraction of sp³-hybridized carbons (Fsp3) is 1.00. The van der Waals surface area contributed by atoms with E-state index in [0.717, 1.165) is 26.3 Å². The quantitative estimate of drug-likeness (QED) is 0.499. The molecule has 1 N–H and O–H groups in total. The first-order valence-corrected chi connectivity index (χ1v) is 4.89. The van der Waals surface area contributed by atoms with Crippen LogP contribution in [0.2, 0.25) is 0 Å². The third-order valence-electron chi connectivity index (χ3n) is 1.45. The van der Waals surface area contributed by atoms with Crippen molar-refractivity contribution >= 4 is 8.53 Å². The van der Waals surface area contributed by atoms with Crippen molar-refractivity contribution in [1.82, 2.24) is 9.99 Å². The molecule has 0 aromatic rings. The Morgan fingerprint density at radius 3 is 3.09 bits per heavy atom. The Morgan fingerprint density at radius 1 is 1.73 bits per heavy atom. The van der Waals surface area contributed by atoms with E-state index in [4.69, 9.17) is 9.05 Å². The van der Waals surface area contributed by atoms with Gasteiger partial charge in [0.05, 0.1) is 13.2 Å². The van der Waals surface area contributed by atoms with Crippen molar-refractivity contribution in [3.05, 3.63) is 0 Å². The van der Waals surface area contributed by atoms with Crippen molar-refractivity contribution in [3.63, 3.8) is 0 Å². The Morgan fingerprint density at radius 2 is 2.55 bits per heavy atom. The molecule has 0 saturated carbocycles. The summed E-state index contributed by atoms with van der Waals surface area (Å²) >= 11 is 0. The summed E-state index contributed by atoms with van der Waals surface area (Å²) in [7, 11) is 3.21. The van der Waals surface area contributed by atoms with E-state index in [9.17, 15) is 0 Å². The molecule has 5 heteroatoms. The van der Waals surface area contributed by atoms with Gasteiger partial charge in [0, 0.05) is 13.1 Å². The van der Waals surface area contributed by atoms with Gasteiger partial charge in [0.15, 0.2) is 0 Å². The highest BCUT2D eigenvalue weighted by Gasteiger charge is 2.23. The maximum atomic E-state index is 5.46. The Hall–Kier alpha value is 0.270. The Kier molecular flexibility index (Phi) is 4.26. The average Bonchev–Trinajstić information content (AvgIpc) is 2.37. The molecule has 1 aliphatic heterocycles. The highest BCUT2D eigenvalue weighted by Crippen LogP contribution is 2.44. The van der Waals surface area contributed by atoms with Crippen LogP contribution in [0, 0.1) is 0 Å². The standard InChI is InChI=1S/C6H15N2O2P/c1-7-3-5-9-11-8(2)4-6-10-11/h7H,3-6H2,1-2H3. The smallest absolute Gasteiger partial charge is 0.258 e. The van der Waals surface area contributed by atoms with Crippen LogP contribution in [0.4, 0.5) is 0 Å². The highest BCUT2D eigenvalue weighted by molar-refractivity contribution is 7.44. The predicted molar refractivity (Wildman–Crippen MR) is 45.4 cm³/mol. The normalized spacial score (nSPS) is 26.2. The van der Waals surface area contributed by atoms with E-state index < -0.39 is 8.53 Å². The molecule has 0 spiro atoms. The fourth-order valence-electron chi connectivity index (χ4n) is 0.793. The highest BCUT2D eigenvalue weighted by atomic mass is 31.2. The summed E-state index contributed by atoms with van der Waals surface area (Å²) in [6.45, 7) is 3.41. The lowest BCUT2D eigenvalue weighted by atomic mass is 10.7. The molecule has 1 atom stereocenters. The maximum absolute atomic E-state index is 5.46. The largest absolute Gasteiger partial charge is 0.321 e. The Balaban J connectivity index is 2.05. The second kappa shape index (κ2) is 5.01. The first kappa shape index (κ1) is 9.36. The van der Waals surface area contributed by atoms with Crippen LogP contribution in [0.5, 0.6) is 0 Å². The van der Waals surface area contributed by atoms with E-state index in [-0.39, 0.29) is 0 Å². The molecule has 1 saturated heterocycles. The third kappa shape index (κ3) is 3.01. The Labute approximate surface area is 68.8 Å². The zero-order valence-electron chi connectivity index (χ0n) is 7.04. The van der Waals surface area contributed by atoms with E-state index in [1.165, 1.54) is 0 Å². The van der Waals surface area contributed by atoms with Crippen molar-refractivity contribution in [2.24, 2.45) is 0 Å². The summed E-state index contributed by atoms with van der Waals surface area (Å²) in [6, 6.07) is 0. The van der Waals surface area contributed by atoms with Gasteiger partial charge in [-0.1, -0.05) is 0 Å². The first-order valence-electron chi connectivity index (χ1n) is 3.76. The van der Waals surface area contributed by atoms with Crippen molar-refractivity contribution < 1.29 is 9.05 Å². The number of hydrogen-bond acceptors (Lipinski definition) is 4. The number of hydrogen-bond donors (Lipinski definition) is 1. The van der Waals surface area contributed by atoms with Crippen LogP contribution in [0.15, 0.2) is 0 Å². The van der Waals surface area contributed by atoms with Crippen LogP contribution in [0.25, 0.3) is 0 Å². The molecule has 66 valence electrons. The molecule has 0 radical (unpaired) electrons. The molecule has 0 aliphatic carbocycles. The zero-order valence-corrected chi connectivity index (χ0v) is 7.93. The molecule has 0 aromatic carbocycles. The first-order chi connectivity index (χ1) is 5.34. The molecule has 1 unspecified atom stereocenters. The van der Waals surface area contributed by atoms with E-state index in [2.05, 4.69) is 9.99 Å². The molecule has 0 amide bonds. The van der Waals surface area contributed by atoms with Gasteiger partial charge in [0.25, 0.3) is 8.53 Å². The molecule has 1 heterocycles. The van der Waals surface area contributed by atoms with Gasteiger partial charge in [-0.15, -0.1) is 0 Å². The van der Waals surface area contributed by atoms with E-state index in [1.807, 2.05) is 14.1 Å². The fourth-order valence-corrected chi connectivity index (χ4v) is 1.99. The minimum atomic E-state index is -0.725. The van der Waals surface area contributed by atoms with Crippen LogP contribution in [-0.4, -0.2) is 45.1 Å². The number of likely N-dealkylation sites (N-methyl/N-ethyl adjacent to an activating group) is 2. The van der Waals surface area contributed by atoms with E-state index >= 15 is 0 Å². The van der Waals surface area contributed by atoms with Crippen LogP contribution in [-0.2, 0) is 9.05 Å². The number of nitrogens with zero attached hydrogens (tertiary/aromatic N) is 1. The average molecular weight is 178 g/mol. The van der Waals surface area contributed by atoms with Crippen LogP contribution in [0.3, 0.4) is 0 Å². The van der Waals surface area contributed by atoms with Crippen molar-refractivity contribution in [3.8, 4) is 0 Å². The van der Waals surface area contributed by atoms with Gasteiger partial charge < -0.3 is 14.4 Å². The van der Waals surface area contributed by atoms with Gasteiger partial charge in [-0.05, 0) is 14.1 Å². The summed E-state index contributed by atoms with van der Waals surface area (Å²) < 4.78 is 12.9. The maximum Gasteiger partial charge on any atom is 0.258 e. The molecule has 1 rings (SSSR count). The lowest BCUT2D eigenvalue weighted by Gasteiger charge is -2.15. The molecule has 11 heavy (non-hydrogen) atoms. The van der Waals surface area contributed by atoms with E-state index in [0.29, 0.717) is 0 Å². The summed E-state index contributed by atoms with van der Waals surface area (Å²) in [4.78, 5) is 0.